The standard InChI is InChI=1S/C13H14O2/c1-9-7-11(14)13(12(15)8-9)10-5-3-2-4-6-10/h2-6,9,13H,7-8H2,1H3. The number of carbonyl (C=O) groups is 2. The molecule has 0 spiro atoms. The third-order valence-electron chi connectivity index (χ3n) is 2.88. The Morgan fingerprint density at radius 3 is 2.07 bits per heavy atom. The molecule has 0 heterocycles. The summed E-state index contributed by atoms with van der Waals surface area (Å²) in [5.74, 6) is -0.137. The van der Waals surface area contributed by atoms with Crippen molar-refractivity contribution in [3.63, 3.8) is 0 Å². The fourth-order valence-electron chi connectivity index (χ4n) is 2.19. The molecule has 0 N–H and O–H groups in total. The van der Waals surface area contributed by atoms with Gasteiger partial charge in [0, 0.05) is 12.8 Å². The number of carbonyl (C=O) groups excluding carboxylic acids is 2. The van der Waals surface area contributed by atoms with Crippen molar-refractivity contribution in [1.29, 1.82) is 0 Å². The number of rotatable bonds is 1. The zero-order valence-corrected chi connectivity index (χ0v) is 8.77. The highest BCUT2D eigenvalue weighted by molar-refractivity contribution is 6.09. The molecule has 0 bridgehead atoms. The summed E-state index contributed by atoms with van der Waals surface area (Å²) in [6.07, 6.45) is 1.07. The van der Waals surface area contributed by atoms with E-state index in [9.17, 15) is 9.59 Å². The summed E-state index contributed by atoms with van der Waals surface area (Å²) in [7, 11) is 0. The number of benzene rings is 1. The fraction of sp³-hybridized carbons (Fsp3) is 0.385. The van der Waals surface area contributed by atoms with E-state index < -0.39 is 5.92 Å². The second kappa shape index (κ2) is 3.97. The van der Waals surface area contributed by atoms with Crippen molar-refractivity contribution in [2.45, 2.75) is 25.7 Å². The van der Waals surface area contributed by atoms with E-state index in [1.807, 2.05) is 37.3 Å². The van der Waals surface area contributed by atoms with Crippen LogP contribution in [0.4, 0.5) is 0 Å². The van der Waals surface area contributed by atoms with Crippen LogP contribution in [0.25, 0.3) is 0 Å². The van der Waals surface area contributed by atoms with Crippen LogP contribution in [0.3, 0.4) is 0 Å². The molecule has 1 saturated carbocycles. The van der Waals surface area contributed by atoms with Gasteiger partial charge in [0.05, 0.1) is 0 Å². The summed E-state index contributed by atoms with van der Waals surface area (Å²) in [5.41, 5.74) is 0.847. The lowest BCUT2D eigenvalue weighted by molar-refractivity contribution is -0.133. The average molecular weight is 202 g/mol. The zero-order valence-electron chi connectivity index (χ0n) is 8.77. The molecule has 1 aliphatic carbocycles. The van der Waals surface area contributed by atoms with Crippen LogP contribution in [0.1, 0.15) is 31.2 Å². The van der Waals surface area contributed by atoms with E-state index in [0.717, 1.165) is 5.56 Å². The van der Waals surface area contributed by atoms with Gasteiger partial charge in [-0.1, -0.05) is 37.3 Å². The Morgan fingerprint density at radius 2 is 1.53 bits per heavy atom. The lowest BCUT2D eigenvalue weighted by Gasteiger charge is -2.23. The lowest BCUT2D eigenvalue weighted by Crippen LogP contribution is -2.30. The van der Waals surface area contributed by atoms with Crippen LogP contribution in [0, 0.1) is 5.92 Å². The van der Waals surface area contributed by atoms with Gasteiger partial charge >= 0.3 is 0 Å². The maximum Gasteiger partial charge on any atom is 0.148 e. The summed E-state index contributed by atoms with van der Waals surface area (Å²) >= 11 is 0. The quantitative estimate of drug-likeness (QED) is 0.655. The highest BCUT2D eigenvalue weighted by Crippen LogP contribution is 2.29. The largest absolute Gasteiger partial charge is 0.299 e. The number of hydrogen-bond donors (Lipinski definition) is 0. The Morgan fingerprint density at radius 1 is 1.00 bits per heavy atom. The molecule has 0 atom stereocenters. The van der Waals surface area contributed by atoms with E-state index in [2.05, 4.69) is 0 Å². The minimum atomic E-state index is -0.498. The normalized spacial score (nSPS) is 26.7. The lowest BCUT2D eigenvalue weighted by atomic mass is 9.77. The predicted octanol–water partition coefficient (Wildman–Crippen LogP) is 2.34. The molecule has 0 amide bonds. The highest BCUT2D eigenvalue weighted by Gasteiger charge is 2.34. The second-order valence-corrected chi connectivity index (χ2v) is 4.29. The van der Waals surface area contributed by atoms with Crippen molar-refractivity contribution < 1.29 is 9.59 Å². The van der Waals surface area contributed by atoms with Crippen molar-refractivity contribution in [3.05, 3.63) is 35.9 Å². The molecule has 78 valence electrons. The van der Waals surface area contributed by atoms with Gasteiger partial charge in [-0.25, -0.2) is 0 Å². The van der Waals surface area contributed by atoms with Crippen LogP contribution in [0.15, 0.2) is 30.3 Å². The Labute approximate surface area is 89.3 Å². The summed E-state index contributed by atoms with van der Waals surface area (Å²) in [6.45, 7) is 1.96. The van der Waals surface area contributed by atoms with Gasteiger partial charge in [0.1, 0.15) is 17.5 Å². The molecule has 2 heteroatoms. The summed E-state index contributed by atoms with van der Waals surface area (Å²) in [6, 6.07) is 9.35. The number of ketones is 2. The van der Waals surface area contributed by atoms with Crippen LogP contribution in [0.5, 0.6) is 0 Å². The van der Waals surface area contributed by atoms with Gasteiger partial charge in [0.2, 0.25) is 0 Å². The van der Waals surface area contributed by atoms with E-state index in [1.54, 1.807) is 0 Å². The van der Waals surface area contributed by atoms with Gasteiger partial charge in [0.15, 0.2) is 0 Å². The van der Waals surface area contributed by atoms with Gasteiger partial charge in [-0.2, -0.15) is 0 Å². The molecule has 0 unspecified atom stereocenters. The molecule has 0 saturated heterocycles. The maximum atomic E-state index is 11.8. The van der Waals surface area contributed by atoms with E-state index >= 15 is 0 Å². The Bertz CT molecular complexity index is 363. The maximum absolute atomic E-state index is 11.8. The molecule has 2 nitrogen and oxygen atoms in total. The first-order valence-electron chi connectivity index (χ1n) is 5.29. The van der Waals surface area contributed by atoms with E-state index in [4.69, 9.17) is 0 Å². The zero-order chi connectivity index (χ0) is 10.8. The minimum absolute atomic E-state index is 0.0740. The fourth-order valence-corrected chi connectivity index (χ4v) is 2.19. The van der Waals surface area contributed by atoms with Crippen molar-refractivity contribution in [2.75, 3.05) is 0 Å². The number of Topliss-reactive ketones (excluding diaryl/α,β-unsaturated/α-hetero) is 2. The average Bonchev–Trinajstić information content (AvgIpc) is 2.17. The van der Waals surface area contributed by atoms with Gasteiger partial charge in [-0.05, 0) is 11.5 Å². The molecule has 2 rings (SSSR count). The summed E-state index contributed by atoms with van der Waals surface area (Å²) < 4.78 is 0. The molecule has 1 aromatic rings. The molecule has 1 fully saturated rings. The molecule has 0 radical (unpaired) electrons. The van der Waals surface area contributed by atoms with Gasteiger partial charge < -0.3 is 0 Å². The van der Waals surface area contributed by atoms with E-state index in [1.165, 1.54) is 0 Å². The molecular weight excluding hydrogens is 188 g/mol. The van der Waals surface area contributed by atoms with Crippen LogP contribution in [0.2, 0.25) is 0 Å². The molecule has 15 heavy (non-hydrogen) atoms. The first kappa shape index (κ1) is 10.1. The third-order valence-corrected chi connectivity index (χ3v) is 2.88. The van der Waals surface area contributed by atoms with Gasteiger partial charge in [0.25, 0.3) is 0 Å². The van der Waals surface area contributed by atoms with Crippen molar-refractivity contribution in [2.24, 2.45) is 5.92 Å². The van der Waals surface area contributed by atoms with Crippen LogP contribution >= 0.6 is 0 Å². The number of hydrogen-bond acceptors (Lipinski definition) is 2. The summed E-state index contributed by atoms with van der Waals surface area (Å²) in [4.78, 5) is 23.6. The first-order chi connectivity index (χ1) is 7.18. The van der Waals surface area contributed by atoms with Crippen molar-refractivity contribution in [1.82, 2.24) is 0 Å². The van der Waals surface area contributed by atoms with Gasteiger partial charge in [-0.15, -0.1) is 0 Å². The smallest absolute Gasteiger partial charge is 0.148 e. The Balaban J connectivity index is 2.29. The summed E-state index contributed by atoms with van der Waals surface area (Å²) in [5, 5.41) is 0. The topological polar surface area (TPSA) is 34.1 Å². The van der Waals surface area contributed by atoms with E-state index in [0.29, 0.717) is 12.8 Å². The predicted molar refractivity (Wildman–Crippen MR) is 57.6 cm³/mol. The van der Waals surface area contributed by atoms with Gasteiger partial charge in [-0.3, -0.25) is 9.59 Å². The van der Waals surface area contributed by atoms with Crippen LogP contribution in [-0.4, -0.2) is 11.6 Å². The molecule has 0 aromatic heterocycles. The highest BCUT2D eigenvalue weighted by atomic mass is 16.2. The third kappa shape index (κ3) is 1.99. The van der Waals surface area contributed by atoms with E-state index in [-0.39, 0.29) is 17.5 Å². The minimum Gasteiger partial charge on any atom is -0.299 e. The molecule has 0 aliphatic heterocycles. The monoisotopic (exact) mass is 202 g/mol. The SMILES string of the molecule is CC1CC(=O)C(c2ccccc2)C(=O)C1. The van der Waals surface area contributed by atoms with Crippen molar-refractivity contribution >= 4 is 11.6 Å². The first-order valence-corrected chi connectivity index (χ1v) is 5.29. The van der Waals surface area contributed by atoms with Crippen LogP contribution in [-0.2, 0) is 9.59 Å². The molecule has 1 aromatic carbocycles. The second-order valence-electron chi connectivity index (χ2n) is 4.29. The Kier molecular flexibility index (Phi) is 2.67. The Hall–Kier alpha value is -1.44. The molecular formula is C13H14O2. The molecule has 1 aliphatic rings. The van der Waals surface area contributed by atoms with Crippen LogP contribution < -0.4 is 0 Å². The van der Waals surface area contributed by atoms with Crippen molar-refractivity contribution in [3.8, 4) is 0 Å².